The summed E-state index contributed by atoms with van der Waals surface area (Å²) in [6.45, 7) is 5.02. The quantitative estimate of drug-likeness (QED) is 0.826. The molecule has 0 saturated carbocycles. The number of halogens is 2. The van der Waals surface area contributed by atoms with Gasteiger partial charge in [-0.05, 0) is 55.3 Å². The van der Waals surface area contributed by atoms with Crippen molar-refractivity contribution in [3.63, 3.8) is 0 Å². The van der Waals surface area contributed by atoms with Gasteiger partial charge in [0.1, 0.15) is 11.6 Å². The van der Waals surface area contributed by atoms with E-state index in [2.05, 4.69) is 19.2 Å². The van der Waals surface area contributed by atoms with Crippen molar-refractivity contribution in [1.82, 2.24) is 5.32 Å². The minimum atomic E-state index is -0.259. The Morgan fingerprint density at radius 3 is 1.90 bits per heavy atom. The van der Waals surface area contributed by atoms with Crippen molar-refractivity contribution < 1.29 is 8.78 Å². The summed E-state index contributed by atoms with van der Waals surface area (Å²) in [6.07, 6.45) is 0.792. The number of rotatable bonds is 6. The molecular formula is C18H21F2N. The number of nitrogens with one attached hydrogen (secondary N) is 1. The van der Waals surface area contributed by atoms with E-state index in [1.54, 1.807) is 12.1 Å². The van der Waals surface area contributed by atoms with Gasteiger partial charge < -0.3 is 5.32 Å². The largest absolute Gasteiger partial charge is 0.314 e. The molecule has 2 rings (SSSR count). The second kappa shape index (κ2) is 7.32. The summed E-state index contributed by atoms with van der Waals surface area (Å²) in [7, 11) is 0. The van der Waals surface area contributed by atoms with E-state index in [1.165, 1.54) is 24.3 Å². The third-order valence-electron chi connectivity index (χ3n) is 3.64. The second-order valence-electron chi connectivity index (χ2n) is 5.36. The average Bonchev–Trinajstić information content (AvgIpc) is 2.45. The van der Waals surface area contributed by atoms with Crippen molar-refractivity contribution in [3.8, 4) is 0 Å². The fourth-order valence-corrected chi connectivity index (χ4v) is 2.70. The molecule has 0 fully saturated rings. The van der Waals surface area contributed by atoms with E-state index in [0.717, 1.165) is 24.1 Å². The van der Waals surface area contributed by atoms with Gasteiger partial charge in [-0.15, -0.1) is 0 Å². The van der Waals surface area contributed by atoms with Gasteiger partial charge in [0.2, 0.25) is 0 Å². The Balaban J connectivity index is 2.34. The summed E-state index contributed by atoms with van der Waals surface area (Å²) in [5, 5.41) is 3.36. The van der Waals surface area contributed by atoms with Crippen LogP contribution in [0.3, 0.4) is 0 Å². The van der Waals surface area contributed by atoms with E-state index >= 15 is 0 Å². The van der Waals surface area contributed by atoms with Crippen molar-refractivity contribution in [1.29, 1.82) is 0 Å². The first kappa shape index (κ1) is 15.6. The molecule has 0 saturated heterocycles. The van der Waals surface area contributed by atoms with E-state index in [1.807, 2.05) is 12.1 Å². The monoisotopic (exact) mass is 289 g/mol. The lowest BCUT2D eigenvalue weighted by atomic mass is 9.86. The molecule has 2 aromatic rings. The van der Waals surface area contributed by atoms with Crippen LogP contribution in [0.2, 0.25) is 0 Å². The Morgan fingerprint density at radius 2 is 1.48 bits per heavy atom. The molecule has 0 aliphatic carbocycles. The molecule has 1 atom stereocenters. The van der Waals surface area contributed by atoms with E-state index in [0.29, 0.717) is 0 Å². The van der Waals surface area contributed by atoms with Crippen LogP contribution in [0.4, 0.5) is 8.78 Å². The van der Waals surface area contributed by atoms with Crippen LogP contribution in [-0.4, -0.2) is 12.6 Å². The first-order chi connectivity index (χ1) is 10.1. The van der Waals surface area contributed by atoms with E-state index in [-0.39, 0.29) is 23.6 Å². The minimum Gasteiger partial charge on any atom is -0.314 e. The zero-order valence-electron chi connectivity index (χ0n) is 12.4. The van der Waals surface area contributed by atoms with Gasteiger partial charge in [0.15, 0.2) is 0 Å². The summed E-state index contributed by atoms with van der Waals surface area (Å²) in [5.41, 5.74) is 1.76. The fraction of sp³-hybridized carbons (Fsp3) is 0.333. The third kappa shape index (κ3) is 4.36. The van der Waals surface area contributed by atoms with E-state index in [4.69, 9.17) is 0 Å². The molecule has 1 unspecified atom stereocenters. The van der Waals surface area contributed by atoms with Gasteiger partial charge in [-0.25, -0.2) is 8.78 Å². The first-order valence-corrected chi connectivity index (χ1v) is 7.34. The smallest absolute Gasteiger partial charge is 0.123 e. The van der Waals surface area contributed by atoms with Crippen molar-refractivity contribution in [2.75, 3.05) is 6.54 Å². The van der Waals surface area contributed by atoms with Crippen molar-refractivity contribution >= 4 is 0 Å². The lowest BCUT2D eigenvalue weighted by Crippen LogP contribution is -2.27. The maximum Gasteiger partial charge on any atom is 0.123 e. The molecule has 0 bridgehead atoms. The van der Waals surface area contributed by atoms with Crippen molar-refractivity contribution in [3.05, 3.63) is 71.3 Å². The number of hydrogen-bond donors (Lipinski definition) is 1. The Bertz CT molecular complexity index is 537. The Hall–Kier alpha value is -1.74. The van der Waals surface area contributed by atoms with Crippen LogP contribution < -0.4 is 5.32 Å². The molecule has 0 amide bonds. The molecule has 2 aromatic carbocycles. The predicted molar refractivity (Wildman–Crippen MR) is 82.4 cm³/mol. The summed E-state index contributed by atoms with van der Waals surface area (Å²) in [6, 6.07) is 13.4. The van der Waals surface area contributed by atoms with Crippen LogP contribution in [0.25, 0.3) is 0 Å². The highest BCUT2D eigenvalue weighted by Crippen LogP contribution is 2.30. The highest BCUT2D eigenvalue weighted by atomic mass is 19.1. The molecule has 1 N–H and O–H groups in total. The highest BCUT2D eigenvalue weighted by molar-refractivity contribution is 5.33. The fourth-order valence-electron chi connectivity index (χ4n) is 2.70. The molecule has 0 heterocycles. The zero-order valence-corrected chi connectivity index (χ0v) is 12.4. The number of benzene rings is 2. The van der Waals surface area contributed by atoms with Gasteiger partial charge in [-0.2, -0.15) is 0 Å². The normalized spacial score (nSPS) is 12.6. The zero-order chi connectivity index (χ0) is 15.2. The van der Waals surface area contributed by atoms with Crippen LogP contribution in [0, 0.1) is 11.6 Å². The van der Waals surface area contributed by atoms with Gasteiger partial charge in [0.25, 0.3) is 0 Å². The average molecular weight is 289 g/mol. The minimum absolute atomic E-state index is 0.0227. The molecule has 112 valence electrons. The predicted octanol–water partition coefficient (Wildman–Crippen LogP) is 4.48. The molecule has 0 spiro atoms. The Kier molecular flexibility index (Phi) is 5.45. The molecular weight excluding hydrogens is 268 g/mol. The van der Waals surface area contributed by atoms with Gasteiger partial charge >= 0.3 is 0 Å². The number of hydrogen-bond acceptors (Lipinski definition) is 1. The van der Waals surface area contributed by atoms with Crippen LogP contribution in [0.1, 0.15) is 37.3 Å². The van der Waals surface area contributed by atoms with Crippen LogP contribution in [-0.2, 0) is 0 Å². The van der Waals surface area contributed by atoms with E-state index < -0.39 is 0 Å². The van der Waals surface area contributed by atoms with Crippen molar-refractivity contribution in [2.45, 2.75) is 32.2 Å². The maximum atomic E-state index is 13.5. The summed E-state index contributed by atoms with van der Waals surface area (Å²) >= 11 is 0. The molecule has 21 heavy (non-hydrogen) atoms. The topological polar surface area (TPSA) is 12.0 Å². The van der Waals surface area contributed by atoms with Gasteiger partial charge in [-0.3, -0.25) is 0 Å². The van der Waals surface area contributed by atoms with E-state index in [9.17, 15) is 8.78 Å². The Labute approximate surface area is 125 Å². The molecule has 3 heteroatoms. The van der Waals surface area contributed by atoms with Gasteiger partial charge in [0, 0.05) is 12.0 Å². The van der Waals surface area contributed by atoms with Crippen LogP contribution >= 0.6 is 0 Å². The summed E-state index contributed by atoms with van der Waals surface area (Å²) < 4.78 is 27.0. The van der Waals surface area contributed by atoms with Crippen LogP contribution in [0.5, 0.6) is 0 Å². The lowest BCUT2D eigenvalue weighted by molar-refractivity contribution is 0.500. The lowest BCUT2D eigenvalue weighted by Gasteiger charge is -2.22. The third-order valence-corrected chi connectivity index (χ3v) is 3.64. The molecule has 0 radical (unpaired) electrons. The maximum absolute atomic E-state index is 13.5. The SMILES string of the molecule is CCNC(C)CC(c1cccc(F)c1)c1cccc(F)c1. The molecule has 0 aromatic heterocycles. The standard InChI is InChI=1S/C18H21F2N/c1-3-21-13(2)10-18(14-6-4-8-16(19)11-14)15-7-5-9-17(20)12-15/h4-9,11-13,18,21H,3,10H2,1-2H3. The van der Waals surface area contributed by atoms with Crippen molar-refractivity contribution in [2.24, 2.45) is 0 Å². The molecule has 0 aliphatic heterocycles. The Morgan fingerprint density at radius 1 is 0.952 bits per heavy atom. The highest BCUT2D eigenvalue weighted by Gasteiger charge is 2.18. The molecule has 0 aliphatic rings. The van der Waals surface area contributed by atoms with Crippen LogP contribution in [0.15, 0.2) is 48.5 Å². The summed E-state index contributed by atoms with van der Waals surface area (Å²) in [4.78, 5) is 0. The molecule has 1 nitrogen and oxygen atoms in total. The second-order valence-corrected chi connectivity index (χ2v) is 5.36. The summed E-state index contributed by atoms with van der Waals surface area (Å²) in [5.74, 6) is -0.541. The first-order valence-electron chi connectivity index (χ1n) is 7.34. The van der Waals surface area contributed by atoms with Gasteiger partial charge in [0.05, 0.1) is 0 Å². The van der Waals surface area contributed by atoms with Gasteiger partial charge in [-0.1, -0.05) is 31.2 Å².